The first kappa shape index (κ1) is 24.5. The topological polar surface area (TPSA) is 142 Å². The van der Waals surface area contributed by atoms with E-state index in [1.54, 1.807) is 5.32 Å². The number of amides is 3. The molecule has 0 aromatic heterocycles. The summed E-state index contributed by atoms with van der Waals surface area (Å²) in [5.74, 6) is -0.842. The third-order valence-electron chi connectivity index (χ3n) is 4.40. The van der Waals surface area contributed by atoms with Gasteiger partial charge in [0.05, 0.1) is 16.4 Å². The van der Waals surface area contributed by atoms with E-state index in [0.29, 0.717) is 5.56 Å². The predicted octanol–water partition coefficient (Wildman–Crippen LogP) is 0.598. The Kier molecular flexibility index (Phi) is 7.56. The third-order valence-corrected chi connectivity index (χ3v) is 6.44. The molecule has 0 unspecified atom stereocenters. The number of nitrogens with one attached hydrogen (secondary N) is 2. The quantitative estimate of drug-likeness (QED) is 0.461. The van der Waals surface area contributed by atoms with Crippen molar-refractivity contribution in [1.29, 1.82) is 0 Å². The van der Waals surface area contributed by atoms with Crippen LogP contribution in [-0.2, 0) is 14.8 Å². The monoisotopic (exact) mass is 467 g/mol. The lowest BCUT2D eigenvalue weighted by Crippen LogP contribution is -2.52. The summed E-state index contributed by atoms with van der Waals surface area (Å²) < 4.78 is 63.0. The van der Waals surface area contributed by atoms with Gasteiger partial charge in [-0.2, -0.15) is 17.5 Å². The van der Waals surface area contributed by atoms with Crippen LogP contribution in [0, 0.1) is 17.0 Å². The molecule has 15 heteroatoms. The molecule has 0 radical (unpaired) electrons. The lowest BCUT2D eigenvalue weighted by Gasteiger charge is -2.33. The van der Waals surface area contributed by atoms with Gasteiger partial charge in [-0.1, -0.05) is 6.07 Å². The zero-order chi connectivity index (χ0) is 23.4. The number of nitro groups is 1. The number of non-ortho nitro benzene ring substituents is 1. The summed E-state index contributed by atoms with van der Waals surface area (Å²) in [7, 11) is -4.01. The highest BCUT2D eigenvalue weighted by atomic mass is 32.2. The van der Waals surface area contributed by atoms with E-state index in [1.165, 1.54) is 29.3 Å². The number of nitro benzene ring substituents is 1. The number of sulfonamides is 1. The Bertz CT molecular complexity index is 961. The first-order chi connectivity index (χ1) is 14.3. The van der Waals surface area contributed by atoms with Crippen LogP contribution in [0.4, 0.5) is 23.7 Å². The number of carbonyl (C=O) groups excluding carboxylic acids is 2. The number of benzene rings is 1. The third kappa shape index (κ3) is 6.86. The van der Waals surface area contributed by atoms with Gasteiger partial charge in [0.25, 0.3) is 5.69 Å². The van der Waals surface area contributed by atoms with E-state index >= 15 is 0 Å². The van der Waals surface area contributed by atoms with Crippen LogP contribution in [0.15, 0.2) is 23.1 Å². The molecule has 1 fully saturated rings. The molecule has 1 aromatic rings. The second-order valence-corrected chi connectivity index (χ2v) is 8.64. The van der Waals surface area contributed by atoms with Crippen LogP contribution >= 0.6 is 0 Å². The fraction of sp³-hybridized carbons (Fsp3) is 0.500. The van der Waals surface area contributed by atoms with Crippen molar-refractivity contribution in [2.75, 3.05) is 39.3 Å². The van der Waals surface area contributed by atoms with Gasteiger partial charge in [0, 0.05) is 38.3 Å². The fourth-order valence-electron chi connectivity index (χ4n) is 2.84. The molecule has 1 saturated heterocycles. The molecule has 172 valence electrons. The molecule has 0 aliphatic carbocycles. The van der Waals surface area contributed by atoms with Gasteiger partial charge in [0.1, 0.15) is 6.54 Å². The SMILES string of the molecule is Cc1ccc([N+](=O)[O-])cc1S(=O)(=O)N1CCN(CC(=O)NC(=O)NCC(F)(F)F)CC1. The van der Waals surface area contributed by atoms with Crippen LogP contribution in [0.5, 0.6) is 0 Å². The zero-order valence-corrected chi connectivity index (χ0v) is 17.1. The number of imide groups is 1. The number of hydrogen-bond donors (Lipinski definition) is 2. The van der Waals surface area contributed by atoms with Gasteiger partial charge in [0.2, 0.25) is 15.9 Å². The second kappa shape index (κ2) is 9.57. The lowest BCUT2D eigenvalue weighted by molar-refractivity contribution is -0.385. The highest BCUT2D eigenvalue weighted by Gasteiger charge is 2.32. The number of aryl methyl sites for hydroxylation is 1. The van der Waals surface area contributed by atoms with Crippen LogP contribution in [0.3, 0.4) is 0 Å². The molecule has 1 aliphatic rings. The highest BCUT2D eigenvalue weighted by Crippen LogP contribution is 2.25. The summed E-state index contributed by atoms with van der Waals surface area (Å²) in [5.41, 5.74) is -0.0134. The van der Waals surface area contributed by atoms with Crippen LogP contribution in [0.2, 0.25) is 0 Å². The lowest BCUT2D eigenvalue weighted by atomic mass is 10.2. The maximum atomic E-state index is 12.9. The molecule has 2 rings (SSSR count). The largest absolute Gasteiger partial charge is 0.405 e. The number of urea groups is 1. The predicted molar refractivity (Wildman–Crippen MR) is 101 cm³/mol. The molecule has 3 amide bonds. The van der Waals surface area contributed by atoms with Gasteiger partial charge in [-0.3, -0.25) is 25.1 Å². The van der Waals surface area contributed by atoms with Crippen LogP contribution in [-0.4, -0.2) is 79.9 Å². The Labute approximate surface area is 175 Å². The number of nitrogens with zero attached hydrogens (tertiary/aromatic N) is 3. The van der Waals surface area contributed by atoms with E-state index in [9.17, 15) is 41.3 Å². The fourth-order valence-corrected chi connectivity index (χ4v) is 4.51. The van der Waals surface area contributed by atoms with Crippen molar-refractivity contribution in [3.63, 3.8) is 0 Å². The van der Waals surface area contributed by atoms with Crippen molar-refractivity contribution >= 4 is 27.6 Å². The minimum Gasteiger partial charge on any atom is -0.329 e. The Morgan fingerprint density at radius 1 is 1.19 bits per heavy atom. The van der Waals surface area contributed by atoms with Crippen molar-refractivity contribution in [3.05, 3.63) is 33.9 Å². The number of rotatable bonds is 6. The Morgan fingerprint density at radius 3 is 2.35 bits per heavy atom. The maximum Gasteiger partial charge on any atom is 0.405 e. The van der Waals surface area contributed by atoms with Gasteiger partial charge in [-0.05, 0) is 12.5 Å². The summed E-state index contributed by atoms with van der Waals surface area (Å²) >= 11 is 0. The van der Waals surface area contributed by atoms with Gasteiger partial charge in [-0.15, -0.1) is 0 Å². The van der Waals surface area contributed by atoms with E-state index < -0.39 is 39.6 Å². The Balaban J connectivity index is 1.92. The second-order valence-electron chi connectivity index (χ2n) is 6.73. The van der Waals surface area contributed by atoms with Gasteiger partial charge in [0.15, 0.2) is 0 Å². The summed E-state index contributed by atoms with van der Waals surface area (Å²) in [6.07, 6.45) is -4.61. The molecule has 2 N–H and O–H groups in total. The van der Waals surface area contributed by atoms with Crippen molar-refractivity contribution in [1.82, 2.24) is 19.8 Å². The number of carbonyl (C=O) groups is 2. The van der Waals surface area contributed by atoms with E-state index in [-0.39, 0.29) is 43.3 Å². The van der Waals surface area contributed by atoms with Crippen molar-refractivity contribution < 1.29 is 36.1 Å². The standard InChI is InChI=1S/C16H20F3N5O6S/c1-11-2-3-12(24(27)28)8-13(11)31(29,30)23-6-4-22(5-7-23)9-14(25)21-15(26)20-10-16(17,18)19/h2-3,8H,4-7,9-10H2,1H3,(H2,20,21,25,26). The molecule has 31 heavy (non-hydrogen) atoms. The van der Waals surface area contributed by atoms with E-state index in [1.807, 2.05) is 0 Å². The molecule has 1 aliphatic heterocycles. The van der Waals surface area contributed by atoms with Crippen LogP contribution in [0.1, 0.15) is 5.56 Å². The van der Waals surface area contributed by atoms with E-state index in [2.05, 4.69) is 0 Å². The average molecular weight is 467 g/mol. The van der Waals surface area contributed by atoms with Gasteiger partial charge < -0.3 is 5.32 Å². The van der Waals surface area contributed by atoms with Crippen LogP contribution in [0.25, 0.3) is 0 Å². The number of alkyl halides is 3. The molecule has 0 bridgehead atoms. The normalized spacial score (nSPS) is 16.0. The first-order valence-electron chi connectivity index (χ1n) is 8.91. The maximum absolute atomic E-state index is 12.9. The summed E-state index contributed by atoms with van der Waals surface area (Å²) in [6, 6.07) is 2.25. The highest BCUT2D eigenvalue weighted by molar-refractivity contribution is 7.89. The molecule has 0 atom stereocenters. The van der Waals surface area contributed by atoms with Crippen molar-refractivity contribution in [3.8, 4) is 0 Å². The first-order valence-corrected chi connectivity index (χ1v) is 10.4. The average Bonchev–Trinajstić information content (AvgIpc) is 2.66. The molecule has 1 aromatic carbocycles. The van der Waals surface area contributed by atoms with Gasteiger partial charge in [-0.25, -0.2) is 13.2 Å². The van der Waals surface area contributed by atoms with Gasteiger partial charge >= 0.3 is 12.2 Å². The molecule has 1 heterocycles. The Morgan fingerprint density at radius 2 is 1.81 bits per heavy atom. The van der Waals surface area contributed by atoms with Crippen LogP contribution < -0.4 is 10.6 Å². The molecular formula is C16H20F3N5O6S. The van der Waals surface area contributed by atoms with Crippen molar-refractivity contribution in [2.24, 2.45) is 0 Å². The molecule has 0 saturated carbocycles. The molecular weight excluding hydrogens is 447 g/mol. The number of halogens is 3. The van der Waals surface area contributed by atoms with E-state index in [4.69, 9.17) is 0 Å². The summed E-state index contributed by atoms with van der Waals surface area (Å²) in [6.45, 7) is -0.185. The minimum absolute atomic E-state index is 0.0159. The zero-order valence-electron chi connectivity index (χ0n) is 16.3. The molecule has 11 nitrogen and oxygen atoms in total. The number of hydrogen-bond acceptors (Lipinski definition) is 7. The summed E-state index contributed by atoms with van der Waals surface area (Å²) in [5, 5.41) is 14.2. The van der Waals surface area contributed by atoms with E-state index in [0.717, 1.165) is 10.4 Å². The number of piperazine rings is 1. The minimum atomic E-state index is -4.61. The summed E-state index contributed by atoms with van der Waals surface area (Å²) in [4.78, 5) is 34.7. The Hall–Kier alpha value is -2.78. The van der Waals surface area contributed by atoms with Crippen molar-refractivity contribution in [2.45, 2.75) is 18.0 Å². The smallest absolute Gasteiger partial charge is 0.329 e. The molecule has 0 spiro atoms.